The highest BCUT2D eigenvalue weighted by atomic mass is 19.1. The number of benzene rings is 2. The number of hydrogen-bond donors (Lipinski definition) is 1. The van der Waals surface area contributed by atoms with Crippen LogP contribution in [-0.4, -0.2) is 19.1 Å². The molecule has 0 saturated carbocycles. The Kier molecular flexibility index (Phi) is 3.48. The normalized spacial score (nSPS) is 12.0. The third-order valence-corrected chi connectivity index (χ3v) is 4.43. The van der Waals surface area contributed by atoms with E-state index in [2.05, 4.69) is 16.0 Å². The highest BCUT2D eigenvalue weighted by Gasteiger charge is 2.11. The van der Waals surface area contributed by atoms with Crippen LogP contribution < -0.4 is 5.69 Å². The average molecular weight is 347 g/mol. The van der Waals surface area contributed by atoms with Crippen molar-refractivity contribution in [2.75, 3.05) is 0 Å². The molecular formula is C19H14FN5O. The Morgan fingerprint density at radius 1 is 1.19 bits per heavy atom. The van der Waals surface area contributed by atoms with Crippen LogP contribution in [0.3, 0.4) is 0 Å². The molecule has 0 aliphatic carbocycles. The van der Waals surface area contributed by atoms with Crippen LogP contribution in [0.2, 0.25) is 0 Å². The van der Waals surface area contributed by atoms with E-state index in [1.165, 1.54) is 12.1 Å². The number of halogens is 1. The molecular weight excluding hydrogens is 333 g/mol. The summed E-state index contributed by atoms with van der Waals surface area (Å²) in [5.74, 6) is 0.000723. The molecule has 0 fully saturated rings. The lowest BCUT2D eigenvalue weighted by Crippen LogP contribution is -2.19. The molecule has 0 amide bonds. The van der Waals surface area contributed by atoms with Crippen molar-refractivity contribution < 1.29 is 4.39 Å². The van der Waals surface area contributed by atoms with Gasteiger partial charge in [0, 0.05) is 14.1 Å². The number of allylic oxidation sites excluding steroid dienone is 1. The lowest BCUT2D eigenvalue weighted by Gasteiger charge is -1.99. The fourth-order valence-corrected chi connectivity index (χ4v) is 3.04. The van der Waals surface area contributed by atoms with E-state index in [1.54, 1.807) is 35.4 Å². The highest BCUT2D eigenvalue weighted by Crippen LogP contribution is 2.22. The topological polar surface area (TPSA) is 79.4 Å². The van der Waals surface area contributed by atoms with Gasteiger partial charge in [-0.05, 0) is 42.0 Å². The van der Waals surface area contributed by atoms with Gasteiger partial charge >= 0.3 is 5.69 Å². The summed E-state index contributed by atoms with van der Waals surface area (Å²) in [5.41, 5.74) is 3.68. The maximum atomic E-state index is 13.3. The molecule has 4 rings (SSSR count). The number of fused-ring (bicyclic) bond motifs is 2. The fraction of sp³-hybridized carbons (Fsp3) is 0.105. The van der Waals surface area contributed by atoms with Crippen LogP contribution in [0, 0.1) is 17.1 Å². The summed E-state index contributed by atoms with van der Waals surface area (Å²) in [6.07, 6.45) is 1.69. The maximum Gasteiger partial charge on any atom is 0.328 e. The summed E-state index contributed by atoms with van der Waals surface area (Å²) in [6, 6.07) is 11.9. The molecule has 6 nitrogen and oxygen atoms in total. The molecule has 0 spiro atoms. The van der Waals surface area contributed by atoms with Gasteiger partial charge < -0.3 is 4.98 Å². The van der Waals surface area contributed by atoms with Crippen molar-refractivity contribution in [3.63, 3.8) is 0 Å². The monoisotopic (exact) mass is 347 g/mol. The number of nitriles is 1. The second-order valence-corrected chi connectivity index (χ2v) is 6.07. The lowest BCUT2D eigenvalue weighted by atomic mass is 10.1. The van der Waals surface area contributed by atoms with E-state index in [-0.39, 0.29) is 11.5 Å². The van der Waals surface area contributed by atoms with Gasteiger partial charge in [-0.3, -0.25) is 9.13 Å². The number of nitrogens with one attached hydrogen (secondary N) is 1. The van der Waals surface area contributed by atoms with Crippen molar-refractivity contribution in [3.8, 4) is 6.07 Å². The van der Waals surface area contributed by atoms with Gasteiger partial charge in [0.2, 0.25) is 0 Å². The van der Waals surface area contributed by atoms with Gasteiger partial charge in [0.1, 0.15) is 17.7 Å². The third-order valence-electron chi connectivity index (χ3n) is 4.43. The first-order valence-electron chi connectivity index (χ1n) is 7.91. The largest absolute Gasteiger partial charge is 0.337 e. The zero-order valence-electron chi connectivity index (χ0n) is 14.1. The van der Waals surface area contributed by atoms with Crippen molar-refractivity contribution >= 4 is 33.7 Å². The second kappa shape index (κ2) is 5.70. The second-order valence-electron chi connectivity index (χ2n) is 6.07. The molecule has 0 saturated heterocycles. The summed E-state index contributed by atoms with van der Waals surface area (Å²) in [4.78, 5) is 19.4. The first-order chi connectivity index (χ1) is 12.5. The Bertz CT molecular complexity index is 1300. The molecule has 0 bridgehead atoms. The van der Waals surface area contributed by atoms with E-state index in [9.17, 15) is 14.4 Å². The van der Waals surface area contributed by atoms with Crippen LogP contribution in [-0.2, 0) is 14.1 Å². The molecule has 0 unspecified atom stereocenters. The summed E-state index contributed by atoms with van der Waals surface area (Å²) in [5, 5.41) is 9.52. The minimum atomic E-state index is -0.370. The van der Waals surface area contributed by atoms with Gasteiger partial charge in [-0.15, -0.1) is 0 Å². The predicted octanol–water partition coefficient (Wildman–Crippen LogP) is 2.96. The summed E-state index contributed by atoms with van der Waals surface area (Å²) in [6.45, 7) is 0. The van der Waals surface area contributed by atoms with Gasteiger partial charge in [0.05, 0.1) is 27.6 Å². The van der Waals surface area contributed by atoms with E-state index in [4.69, 9.17) is 0 Å². The predicted molar refractivity (Wildman–Crippen MR) is 97.7 cm³/mol. The SMILES string of the molecule is Cn1c(=O)n(C)c2cc(/C=C(/C#N)c3nc4ccc(F)cc4[nH]3)ccc21. The van der Waals surface area contributed by atoms with Gasteiger partial charge in [-0.1, -0.05) is 6.07 Å². The molecule has 0 atom stereocenters. The standard InChI is InChI=1S/C19H14FN5O/c1-24-16-6-3-11(8-17(16)25(2)19(24)26)7-12(10-21)18-22-14-5-4-13(20)9-15(14)23-18/h3-9H,1-2H3,(H,22,23)/b12-7-. The molecule has 2 aromatic heterocycles. The third kappa shape index (κ3) is 2.40. The van der Waals surface area contributed by atoms with Crippen LogP contribution in [0.25, 0.3) is 33.7 Å². The number of aromatic amines is 1. The maximum absolute atomic E-state index is 13.3. The minimum Gasteiger partial charge on any atom is -0.337 e. The molecule has 7 heteroatoms. The van der Waals surface area contributed by atoms with Crippen LogP contribution in [0.5, 0.6) is 0 Å². The first kappa shape index (κ1) is 15.8. The quantitative estimate of drug-likeness (QED) is 0.566. The molecule has 0 aliphatic rings. The highest BCUT2D eigenvalue weighted by molar-refractivity contribution is 5.91. The number of rotatable bonds is 2. The molecule has 4 aromatic rings. The van der Waals surface area contributed by atoms with E-state index in [0.717, 1.165) is 16.6 Å². The molecule has 26 heavy (non-hydrogen) atoms. The molecule has 0 radical (unpaired) electrons. The van der Waals surface area contributed by atoms with E-state index in [1.807, 2.05) is 18.2 Å². The van der Waals surface area contributed by atoms with Gasteiger partial charge in [-0.2, -0.15) is 5.26 Å². The van der Waals surface area contributed by atoms with Crippen LogP contribution >= 0.6 is 0 Å². The Morgan fingerprint density at radius 2 is 1.96 bits per heavy atom. The number of H-pyrrole nitrogens is 1. The van der Waals surface area contributed by atoms with Gasteiger partial charge in [0.15, 0.2) is 0 Å². The Hall–Kier alpha value is -3.66. The Balaban J connectivity index is 1.84. The molecule has 1 N–H and O–H groups in total. The number of aromatic nitrogens is 4. The molecule has 128 valence electrons. The summed E-state index contributed by atoms with van der Waals surface area (Å²) < 4.78 is 16.5. The van der Waals surface area contributed by atoms with Crippen molar-refractivity contribution in [2.45, 2.75) is 0 Å². The number of hydrogen-bond acceptors (Lipinski definition) is 3. The van der Waals surface area contributed by atoms with E-state index >= 15 is 0 Å². The van der Waals surface area contributed by atoms with Crippen LogP contribution in [0.15, 0.2) is 41.2 Å². The van der Waals surface area contributed by atoms with Crippen LogP contribution in [0.1, 0.15) is 11.4 Å². The Morgan fingerprint density at radius 3 is 2.73 bits per heavy atom. The van der Waals surface area contributed by atoms with Crippen molar-refractivity contribution in [1.82, 2.24) is 19.1 Å². The van der Waals surface area contributed by atoms with E-state index < -0.39 is 0 Å². The van der Waals surface area contributed by atoms with Crippen molar-refractivity contribution in [3.05, 3.63) is 64.1 Å². The average Bonchev–Trinajstić information content (AvgIpc) is 3.14. The van der Waals surface area contributed by atoms with Crippen LogP contribution in [0.4, 0.5) is 4.39 Å². The first-order valence-corrected chi connectivity index (χ1v) is 7.91. The smallest absolute Gasteiger partial charge is 0.328 e. The summed E-state index contributed by atoms with van der Waals surface area (Å²) >= 11 is 0. The zero-order chi connectivity index (χ0) is 18.4. The van der Waals surface area contributed by atoms with Gasteiger partial charge in [-0.25, -0.2) is 14.2 Å². The molecule has 2 aromatic carbocycles. The van der Waals surface area contributed by atoms with Crippen molar-refractivity contribution in [1.29, 1.82) is 5.26 Å². The Labute approximate surface area is 147 Å². The number of nitrogens with zero attached hydrogens (tertiary/aromatic N) is 4. The minimum absolute atomic E-state index is 0.110. The lowest BCUT2D eigenvalue weighted by molar-refractivity contribution is 0.629. The van der Waals surface area contributed by atoms with Gasteiger partial charge in [0.25, 0.3) is 0 Å². The summed E-state index contributed by atoms with van der Waals surface area (Å²) in [7, 11) is 3.42. The zero-order valence-corrected chi connectivity index (χ0v) is 14.1. The van der Waals surface area contributed by atoms with E-state index in [0.29, 0.717) is 22.4 Å². The van der Waals surface area contributed by atoms with Crippen molar-refractivity contribution in [2.24, 2.45) is 14.1 Å². The number of aryl methyl sites for hydroxylation is 2. The number of imidazole rings is 2. The molecule has 0 aliphatic heterocycles. The fourth-order valence-electron chi connectivity index (χ4n) is 3.04. The molecule has 2 heterocycles.